The van der Waals surface area contributed by atoms with Crippen molar-refractivity contribution in [3.63, 3.8) is 0 Å². The lowest BCUT2D eigenvalue weighted by Gasteiger charge is -2.10. The second kappa shape index (κ2) is 4.06. The summed E-state index contributed by atoms with van der Waals surface area (Å²) in [5, 5.41) is 0. The Hall–Kier alpha value is -1.30. The van der Waals surface area contributed by atoms with Crippen LogP contribution in [0.3, 0.4) is 0 Å². The van der Waals surface area contributed by atoms with Crippen molar-refractivity contribution in [2.45, 2.75) is 33.1 Å². The van der Waals surface area contributed by atoms with E-state index in [4.69, 9.17) is 0 Å². The number of benzene rings is 1. The molecular weight excluding hydrogens is 180 g/mol. The zero-order chi connectivity index (χ0) is 10.8. The van der Waals surface area contributed by atoms with E-state index in [1.54, 1.807) is 0 Å². The summed E-state index contributed by atoms with van der Waals surface area (Å²) in [6, 6.07) is 10.8. The first-order valence-corrected chi connectivity index (χ1v) is 5.67. The first-order chi connectivity index (χ1) is 7.24. The molecule has 0 aromatic heterocycles. The summed E-state index contributed by atoms with van der Waals surface area (Å²) in [7, 11) is 0. The molecule has 0 spiro atoms. The molecule has 0 aliphatic heterocycles. The first-order valence-electron chi connectivity index (χ1n) is 5.67. The van der Waals surface area contributed by atoms with Crippen molar-refractivity contribution in [3.05, 3.63) is 58.7 Å². The van der Waals surface area contributed by atoms with Crippen molar-refractivity contribution in [1.82, 2.24) is 0 Å². The maximum Gasteiger partial charge on any atom is 0.0237 e. The van der Waals surface area contributed by atoms with E-state index in [9.17, 15) is 0 Å². The Morgan fingerprint density at radius 3 is 2.27 bits per heavy atom. The molecule has 0 nitrogen and oxygen atoms in total. The third kappa shape index (κ3) is 1.77. The highest BCUT2D eigenvalue weighted by molar-refractivity contribution is 5.49. The van der Waals surface area contributed by atoms with Gasteiger partial charge >= 0.3 is 0 Å². The molecule has 0 N–H and O–H groups in total. The fraction of sp³-hybridized carbons (Fsp3) is 0.333. The lowest BCUT2D eigenvalue weighted by Crippen LogP contribution is -1.93. The average molecular weight is 198 g/mol. The van der Waals surface area contributed by atoms with Gasteiger partial charge in [0.2, 0.25) is 0 Å². The van der Waals surface area contributed by atoms with Gasteiger partial charge in [0.05, 0.1) is 0 Å². The molecule has 0 bridgehead atoms. The Kier molecular flexibility index (Phi) is 2.77. The fourth-order valence-corrected chi connectivity index (χ4v) is 2.33. The maximum atomic E-state index is 2.42. The number of allylic oxidation sites excluding steroid dienone is 4. The van der Waals surface area contributed by atoms with Crippen molar-refractivity contribution >= 4 is 0 Å². The third-order valence-corrected chi connectivity index (χ3v) is 3.45. The second-order valence-corrected chi connectivity index (χ2v) is 4.24. The van der Waals surface area contributed by atoms with Gasteiger partial charge in [-0.3, -0.25) is 0 Å². The summed E-state index contributed by atoms with van der Waals surface area (Å²) in [6.45, 7) is 6.73. The number of rotatable bonds is 2. The van der Waals surface area contributed by atoms with E-state index >= 15 is 0 Å². The highest BCUT2D eigenvalue weighted by Gasteiger charge is 2.20. The Labute approximate surface area is 92.3 Å². The molecule has 0 saturated carbocycles. The number of hydrogen-bond acceptors (Lipinski definition) is 0. The van der Waals surface area contributed by atoms with Crippen molar-refractivity contribution in [2.75, 3.05) is 0 Å². The van der Waals surface area contributed by atoms with Gasteiger partial charge in [0.1, 0.15) is 0 Å². The molecule has 0 radical (unpaired) electrons. The molecule has 1 atom stereocenters. The largest absolute Gasteiger partial charge is 0.0695 e. The molecule has 0 heteroatoms. The highest BCUT2D eigenvalue weighted by atomic mass is 14.2. The fourth-order valence-electron chi connectivity index (χ4n) is 2.33. The van der Waals surface area contributed by atoms with Crippen LogP contribution in [0.5, 0.6) is 0 Å². The molecular formula is C15H18. The maximum absolute atomic E-state index is 2.42. The molecule has 1 aliphatic rings. The van der Waals surface area contributed by atoms with Gasteiger partial charge in [-0.25, -0.2) is 0 Å². The van der Waals surface area contributed by atoms with Crippen LogP contribution in [0.15, 0.2) is 53.1 Å². The molecule has 1 aromatic carbocycles. The standard InChI is InChI=1S/C15H18/c1-4-13-10-15(12(3)11(13)2)14-8-6-5-7-9-14/h5-10,15H,4H2,1-3H3. The first kappa shape index (κ1) is 10.2. The van der Waals surface area contributed by atoms with E-state index < -0.39 is 0 Å². The summed E-state index contributed by atoms with van der Waals surface area (Å²) >= 11 is 0. The quantitative estimate of drug-likeness (QED) is 0.658. The molecule has 1 aromatic rings. The van der Waals surface area contributed by atoms with Crippen LogP contribution in [0.1, 0.15) is 38.7 Å². The summed E-state index contributed by atoms with van der Waals surface area (Å²) in [5.41, 5.74) is 5.93. The minimum Gasteiger partial charge on any atom is -0.0695 e. The van der Waals surface area contributed by atoms with E-state index in [1.165, 1.54) is 22.3 Å². The van der Waals surface area contributed by atoms with Crippen LogP contribution in [0.4, 0.5) is 0 Å². The van der Waals surface area contributed by atoms with E-state index in [1.807, 2.05) is 0 Å². The van der Waals surface area contributed by atoms with E-state index in [-0.39, 0.29) is 0 Å². The Morgan fingerprint density at radius 1 is 1.07 bits per heavy atom. The molecule has 1 unspecified atom stereocenters. The van der Waals surface area contributed by atoms with Crippen molar-refractivity contribution in [3.8, 4) is 0 Å². The topological polar surface area (TPSA) is 0 Å². The van der Waals surface area contributed by atoms with Gasteiger partial charge in [0, 0.05) is 5.92 Å². The molecule has 1 aliphatic carbocycles. The Balaban J connectivity index is 2.38. The van der Waals surface area contributed by atoms with Gasteiger partial charge in [-0.2, -0.15) is 0 Å². The molecule has 0 fully saturated rings. The lowest BCUT2D eigenvalue weighted by atomic mass is 9.94. The van der Waals surface area contributed by atoms with Crippen LogP contribution < -0.4 is 0 Å². The molecule has 0 saturated heterocycles. The third-order valence-electron chi connectivity index (χ3n) is 3.45. The van der Waals surface area contributed by atoms with Crippen LogP contribution >= 0.6 is 0 Å². The summed E-state index contributed by atoms with van der Waals surface area (Å²) < 4.78 is 0. The van der Waals surface area contributed by atoms with Gasteiger partial charge < -0.3 is 0 Å². The van der Waals surface area contributed by atoms with Gasteiger partial charge in [0.25, 0.3) is 0 Å². The smallest absolute Gasteiger partial charge is 0.0237 e. The number of hydrogen-bond donors (Lipinski definition) is 0. The Morgan fingerprint density at radius 2 is 1.73 bits per heavy atom. The molecule has 0 amide bonds. The second-order valence-electron chi connectivity index (χ2n) is 4.24. The molecule has 0 heterocycles. The highest BCUT2D eigenvalue weighted by Crippen LogP contribution is 2.38. The summed E-state index contributed by atoms with van der Waals surface area (Å²) in [5.74, 6) is 0.515. The minimum atomic E-state index is 0.515. The van der Waals surface area contributed by atoms with Gasteiger partial charge in [-0.1, -0.05) is 48.9 Å². The predicted molar refractivity (Wildman–Crippen MR) is 65.9 cm³/mol. The van der Waals surface area contributed by atoms with Crippen LogP contribution in [0.2, 0.25) is 0 Å². The molecule has 15 heavy (non-hydrogen) atoms. The van der Waals surface area contributed by atoms with E-state index in [2.05, 4.69) is 57.2 Å². The van der Waals surface area contributed by atoms with Gasteiger partial charge in [0.15, 0.2) is 0 Å². The van der Waals surface area contributed by atoms with Crippen LogP contribution in [0, 0.1) is 0 Å². The molecule has 2 rings (SSSR count). The Bertz CT molecular complexity index is 407. The van der Waals surface area contributed by atoms with Crippen LogP contribution in [-0.2, 0) is 0 Å². The summed E-state index contributed by atoms with van der Waals surface area (Å²) in [6.07, 6.45) is 3.56. The van der Waals surface area contributed by atoms with Crippen molar-refractivity contribution in [1.29, 1.82) is 0 Å². The average Bonchev–Trinajstić information content (AvgIpc) is 2.57. The SMILES string of the molecule is CCC1=CC(c2ccccc2)C(C)=C1C. The predicted octanol–water partition coefficient (Wildman–Crippen LogP) is 4.46. The normalized spacial score (nSPS) is 20.7. The lowest BCUT2D eigenvalue weighted by molar-refractivity contribution is 1.00. The van der Waals surface area contributed by atoms with Crippen LogP contribution in [0.25, 0.3) is 0 Å². The van der Waals surface area contributed by atoms with E-state index in [0.717, 1.165) is 6.42 Å². The zero-order valence-corrected chi connectivity index (χ0v) is 9.75. The summed E-state index contributed by atoms with van der Waals surface area (Å²) in [4.78, 5) is 0. The molecule has 78 valence electrons. The van der Waals surface area contributed by atoms with Gasteiger partial charge in [-0.15, -0.1) is 0 Å². The van der Waals surface area contributed by atoms with E-state index in [0.29, 0.717) is 5.92 Å². The monoisotopic (exact) mass is 198 g/mol. The van der Waals surface area contributed by atoms with Crippen molar-refractivity contribution < 1.29 is 0 Å². The minimum absolute atomic E-state index is 0.515. The van der Waals surface area contributed by atoms with Crippen molar-refractivity contribution in [2.24, 2.45) is 0 Å². The van der Waals surface area contributed by atoms with Crippen LogP contribution in [-0.4, -0.2) is 0 Å². The van der Waals surface area contributed by atoms with Gasteiger partial charge in [-0.05, 0) is 37.0 Å². The zero-order valence-electron chi connectivity index (χ0n) is 9.75.